The Labute approximate surface area is 349 Å². The first-order valence-electron chi connectivity index (χ1n) is 19.8. The van der Waals surface area contributed by atoms with Gasteiger partial charge in [-0.3, -0.25) is 4.21 Å². The van der Waals surface area contributed by atoms with E-state index in [0.717, 1.165) is 111 Å². The Balaban J connectivity index is 0.000000152. The van der Waals surface area contributed by atoms with Crippen LogP contribution in [0, 0.1) is 0 Å². The van der Waals surface area contributed by atoms with Crippen molar-refractivity contribution < 1.29 is 13.7 Å². The number of pyridine rings is 2. The number of anilines is 2. The number of nitrogens with one attached hydrogen (secondary N) is 2. The molecule has 4 aromatic carbocycles. The Morgan fingerprint density at radius 2 is 0.966 bits per heavy atom. The summed E-state index contributed by atoms with van der Waals surface area (Å²) < 4.78 is 23.3. The van der Waals surface area contributed by atoms with E-state index in [1.54, 1.807) is 0 Å². The molecule has 0 aliphatic carbocycles. The predicted molar refractivity (Wildman–Crippen MR) is 240 cm³/mol. The van der Waals surface area contributed by atoms with E-state index < -0.39 is 10.8 Å². The molecule has 0 radical (unpaired) electrons. The number of thioether (sulfide) groups is 1. The second-order valence-corrected chi connectivity index (χ2v) is 17.2. The number of fused-ring (bicyclic) bond motifs is 2. The molecule has 298 valence electrons. The van der Waals surface area contributed by atoms with Crippen molar-refractivity contribution in [2.24, 2.45) is 0 Å². The minimum absolute atomic E-state index is 0.543. The molecular weight excluding hydrogens is 777 g/mol. The third kappa shape index (κ3) is 9.59. The Hall–Kier alpha value is -6.18. The molecule has 0 bridgehead atoms. The molecule has 0 atom stereocenters. The number of hydrogen-bond donors (Lipinski definition) is 2. The lowest BCUT2D eigenvalue weighted by molar-refractivity contribution is 0.306. The van der Waals surface area contributed by atoms with Crippen LogP contribution >= 0.6 is 11.8 Å². The number of benzene rings is 4. The lowest BCUT2D eigenvalue weighted by Gasteiger charge is -2.27. The van der Waals surface area contributed by atoms with Gasteiger partial charge in [-0.2, -0.15) is 11.8 Å². The van der Waals surface area contributed by atoms with Gasteiger partial charge in [0.15, 0.2) is 11.3 Å². The van der Waals surface area contributed by atoms with Gasteiger partial charge in [-0.15, -0.1) is 0 Å². The van der Waals surface area contributed by atoms with E-state index in [2.05, 4.69) is 49.0 Å². The molecule has 0 spiro atoms. The van der Waals surface area contributed by atoms with Gasteiger partial charge in [0.2, 0.25) is 0 Å². The topological polar surface area (TPSA) is 125 Å². The first-order valence-corrected chi connectivity index (χ1v) is 22.4. The van der Waals surface area contributed by atoms with Crippen molar-refractivity contribution in [3.8, 4) is 34.3 Å². The summed E-state index contributed by atoms with van der Waals surface area (Å²) in [5.74, 6) is 8.89. The van der Waals surface area contributed by atoms with Gasteiger partial charge >= 0.3 is 0 Å². The fraction of sp³-hybridized carbons (Fsp3) is 0.217. The van der Waals surface area contributed by atoms with Crippen LogP contribution in [-0.2, 0) is 24.0 Å². The minimum Gasteiger partial charge on any atom is -0.489 e. The van der Waals surface area contributed by atoms with Crippen molar-refractivity contribution in [2.45, 2.75) is 13.2 Å². The third-order valence-electron chi connectivity index (χ3n) is 10.3. The second-order valence-electron chi connectivity index (χ2n) is 14.3. The standard InChI is InChI=1S/C23H22N4O2S.C23H22N4OS/c28-30-14-12-27(13-15-30)21-11-10-20-23(25-21)26-22(24-20)18-6-8-19(9-7-18)29-16-17-4-2-1-3-5-17;1-2-4-17(5-3-1)16-28-19-8-6-18(7-9-19)22-24-20-10-11-21(25-23(20)26-22)27-12-14-29-15-13-27/h1-11H,12-16H2,(H,24,25,26);1-11H,12-16H2,(H,24,25,26). The van der Waals surface area contributed by atoms with Crippen LogP contribution in [-0.4, -0.2) is 83.3 Å². The predicted octanol–water partition coefficient (Wildman–Crippen LogP) is 8.53. The van der Waals surface area contributed by atoms with Gasteiger partial charge in [0.05, 0.1) is 11.0 Å². The van der Waals surface area contributed by atoms with Crippen molar-refractivity contribution >= 4 is 56.5 Å². The summed E-state index contributed by atoms with van der Waals surface area (Å²) in [5, 5.41) is 0. The summed E-state index contributed by atoms with van der Waals surface area (Å²) in [5.41, 5.74) is 7.61. The van der Waals surface area contributed by atoms with Crippen molar-refractivity contribution in [3.05, 3.63) is 145 Å². The molecule has 10 rings (SSSR count). The van der Waals surface area contributed by atoms with Crippen molar-refractivity contribution in [3.63, 3.8) is 0 Å². The van der Waals surface area contributed by atoms with E-state index in [1.807, 2.05) is 121 Å². The Bertz CT molecular complexity index is 2620. The van der Waals surface area contributed by atoms with Crippen molar-refractivity contribution in [2.75, 3.05) is 59.0 Å². The first-order chi connectivity index (χ1) is 29.1. The zero-order valence-corrected chi connectivity index (χ0v) is 34.1. The molecule has 2 aliphatic rings. The molecule has 2 saturated heterocycles. The highest BCUT2D eigenvalue weighted by molar-refractivity contribution is 7.99. The smallest absolute Gasteiger partial charge is 0.180 e. The molecule has 2 fully saturated rings. The van der Waals surface area contributed by atoms with Crippen LogP contribution < -0.4 is 19.3 Å². The monoisotopic (exact) mass is 820 g/mol. The van der Waals surface area contributed by atoms with E-state index in [4.69, 9.17) is 24.4 Å². The molecule has 0 saturated carbocycles. The van der Waals surface area contributed by atoms with E-state index in [9.17, 15) is 4.21 Å². The second kappa shape index (κ2) is 18.2. The van der Waals surface area contributed by atoms with Crippen LogP contribution in [0.1, 0.15) is 11.1 Å². The summed E-state index contributed by atoms with van der Waals surface area (Å²) in [6.45, 7) is 4.74. The highest BCUT2D eigenvalue weighted by Crippen LogP contribution is 2.27. The fourth-order valence-corrected chi connectivity index (χ4v) is 8.91. The van der Waals surface area contributed by atoms with Gasteiger partial charge in [-0.05, 0) is 83.9 Å². The summed E-state index contributed by atoms with van der Waals surface area (Å²) in [4.78, 5) is 30.1. The largest absolute Gasteiger partial charge is 0.489 e. The van der Waals surface area contributed by atoms with Crippen LogP contribution in [0.15, 0.2) is 133 Å². The molecule has 2 aliphatic heterocycles. The number of hydrogen-bond acceptors (Lipinski definition) is 10. The maximum Gasteiger partial charge on any atom is 0.180 e. The summed E-state index contributed by atoms with van der Waals surface area (Å²) >= 11 is 2.00. The minimum atomic E-state index is -0.699. The zero-order chi connectivity index (χ0) is 39.8. The van der Waals surface area contributed by atoms with Gasteiger partial charge in [-0.25, -0.2) is 19.9 Å². The van der Waals surface area contributed by atoms with Crippen LogP contribution in [0.3, 0.4) is 0 Å². The van der Waals surface area contributed by atoms with Gasteiger partial charge in [0.25, 0.3) is 0 Å². The molecule has 0 unspecified atom stereocenters. The van der Waals surface area contributed by atoms with E-state index in [1.165, 1.54) is 0 Å². The number of imidazole rings is 2. The van der Waals surface area contributed by atoms with E-state index in [-0.39, 0.29) is 0 Å². The van der Waals surface area contributed by atoms with Crippen molar-refractivity contribution in [1.29, 1.82) is 0 Å². The Morgan fingerprint density at radius 3 is 1.42 bits per heavy atom. The number of H-pyrrole nitrogens is 2. The highest BCUT2D eigenvalue weighted by atomic mass is 32.2. The molecule has 2 N–H and O–H groups in total. The van der Waals surface area contributed by atoms with Crippen LogP contribution in [0.5, 0.6) is 11.5 Å². The first kappa shape index (κ1) is 38.3. The molecule has 0 amide bonds. The summed E-state index contributed by atoms with van der Waals surface area (Å²) in [6, 6.07) is 44.4. The Morgan fingerprint density at radius 1 is 0.525 bits per heavy atom. The number of aromatic nitrogens is 6. The van der Waals surface area contributed by atoms with Crippen LogP contribution in [0.2, 0.25) is 0 Å². The number of nitrogens with zero attached hydrogens (tertiary/aromatic N) is 6. The average molecular weight is 821 g/mol. The lowest BCUT2D eigenvalue weighted by atomic mass is 10.2. The van der Waals surface area contributed by atoms with Gasteiger partial charge in [0, 0.05) is 71.1 Å². The summed E-state index contributed by atoms with van der Waals surface area (Å²) in [7, 11) is -0.699. The zero-order valence-electron chi connectivity index (χ0n) is 32.5. The average Bonchev–Trinajstić information content (AvgIpc) is 3.94. The molecule has 11 nitrogen and oxygen atoms in total. The molecule has 4 aromatic heterocycles. The van der Waals surface area contributed by atoms with E-state index in [0.29, 0.717) is 30.4 Å². The number of aromatic amines is 2. The normalized spacial score (nSPS) is 14.6. The SMILES string of the molecule is O=S1CCN(c2ccc3[nH]c(-c4ccc(OCc5ccccc5)cc4)nc3n2)CC1.c1ccc(COc2ccc(-c3nc4nc(N5CCSCC5)ccc4[nH]3)cc2)cc1. The number of ether oxygens (including phenoxy) is 2. The molecule has 6 heterocycles. The molecular formula is C46H44N8O3S2. The third-order valence-corrected chi connectivity index (χ3v) is 12.5. The molecule has 13 heteroatoms. The van der Waals surface area contributed by atoms with Crippen molar-refractivity contribution in [1.82, 2.24) is 29.9 Å². The maximum absolute atomic E-state index is 11.6. The van der Waals surface area contributed by atoms with Gasteiger partial charge < -0.3 is 29.2 Å². The highest BCUT2D eigenvalue weighted by Gasteiger charge is 2.18. The van der Waals surface area contributed by atoms with E-state index >= 15 is 0 Å². The quantitative estimate of drug-likeness (QED) is 0.139. The summed E-state index contributed by atoms with van der Waals surface area (Å²) in [6.07, 6.45) is 0. The van der Waals surface area contributed by atoms with Crippen LogP contribution in [0.4, 0.5) is 11.6 Å². The Kier molecular flexibility index (Phi) is 11.8. The lowest BCUT2D eigenvalue weighted by Crippen LogP contribution is -2.38. The molecule has 8 aromatic rings. The maximum atomic E-state index is 11.6. The van der Waals surface area contributed by atoms with Crippen LogP contribution in [0.25, 0.3) is 45.1 Å². The fourth-order valence-electron chi connectivity index (χ4n) is 6.95. The van der Waals surface area contributed by atoms with Gasteiger partial charge in [-0.1, -0.05) is 60.7 Å². The number of rotatable bonds is 10. The molecule has 59 heavy (non-hydrogen) atoms. The van der Waals surface area contributed by atoms with Gasteiger partial charge in [0.1, 0.15) is 48.0 Å².